The fraction of sp³-hybridized carbons (Fsp3) is 0.133. The van der Waals surface area contributed by atoms with Gasteiger partial charge >= 0.3 is 0 Å². The highest BCUT2D eigenvalue weighted by molar-refractivity contribution is 6.06. The van der Waals surface area contributed by atoms with Crippen molar-refractivity contribution >= 4 is 22.9 Å². The predicted octanol–water partition coefficient (Wildman–Crippen LogP) is 1.39. The smallest absolute Gasteiger partial charge is 0.266 e. The van der Waals surface area contributed by atoms with Gasteiger partial charge in [0.1, 0.15) is 5.56 Å². The van der Waals surface area contributed by atoms with Crippen molar-refractivity contribution in [3.63, 3.8) is 0 Å². The second-order valence-corrected chi connectivity index (χ2v) is 4.92. The summed E-state index contributed by atoms with van der Waals surface area (Å²) in [5.74, 6) is 0.287. The van der Waals surface area contributed by atoms with Crippen molar-refractivity contribution in [3.05, 3.63) is 58.5 Å². The van der Waals surface area contributed by atoms with E-state index in [0.29, 0.717) is 19.0 Å². The van der Waals surface area contributed by atoms with E-state index in [1.807, 2.05) is 28.8 Å². The summed E-state index contributed by atoms with van der Waals surface area (Å²) in [6, 6.07) is 10.9. The number of hydrogen-bond acceptors (Lipinski definition) is 3. The number of amides is 1. The molecule has 1 amide bonds. The third-order valence-corrected chi connectivity index (χ3v) is 3.72. The maximum Gasteiger partial charge on any atom is 0.266 e. The van der Waals surface area contributed by atoms with E-state index in [1.54, 1.807) is 11.0 Å². The van der Waals surface area contributed by atoms with Crippen LogP contribution in [0.25, 0.3) is 11.0 Å². The Hall–Kier alpha value is -2.89. The molecule has 0 bridgehead atoms. The average Bonchev–Trinajstić information content (AvgIpc) is 3.06. The topological polar surface area (TPSA) is 71.0 Å². The van der Waals surface area contributed by atoms with Gasteiger partial charge in [0.15, 0.2) is 0 Å². The van der Waals surface area contributed by atoms with Crippen molar-refractivity contribution in [3.8, 4) is 0 Å². The predicted molar refractivity (Wildman–Crippen MR) is 78.5 cm³/mol. The molecule has 0 radical (unpaired) electrons. The van der Waals surface area contributed by atoms with E-state index in [4.69, 9.17) is 0 Å². The summed E-state index contributed by atoms with van der Waals surface area (Å²) in [5.41, 5.74) is 1.62. The summed E-state index contributed by atoms with van der Waals surface area (Å²) in [6.07, 6.45) is 1.51. The first-order valence-electron chi connectivity index (χ1n) is 6.70. The molecule has 6 heteroatoms. The Balaban J connectivity index is 1.82. The van der Waals surface area contributed by atoms with Gasteiger partial charge in [-0.15, -0.1) is 0 Å². The molecule has 4 rings (SSSR count). The number of pyridine rings is 1. The van der Waals surface area contributed by atoms with Crippen LogP contribution >= 0.6 is 0 Å². The maximum atomic E-state index is 12.6. The summed E-state index contributed by atoms with van der Waals surface area (Å²) in [4.78, 5) is 32.9. The largest absolute Gasteiger partial charge is 0.328 e. The molecule has 1 aliphatic rings. The minimum absolute atomic E-state index is 0.137. The molecule has 0 fully saturated rings. The number of aromatic amines is 1. The number of H-pyrrole nitrogens is 1. The molecule has 1 aromatic carbocycles. The Morgan fingerprint density at radius 3 is 2.86 bits per heavy atom. The van der Waals surface area contributed by atoms with Crippen LogP contribution in [-0.4, -0.2) is 27.0 Å². The van der Waals surface area contributed by atoms with Crippen LogP contribution in [0.1, 0.15) is 10.4 Å². The number of imidazole rings is 1. The Labute approximate surface area is 119 Å². The van der Waals surface area contributed by atoms with Gasteiger partial charge in [-0.25, -0.2) is 4.98 Å². The molecule has 0 unspecified atom stereocenters. The van der Waals surface area contributed by atoms with Crippen molar-refractivity contribution in [1.82, 2.24) is 14.5 Å². The summed E-state index contributed by atoms with van der Waals surface area (Å²) in [6.45, 7) is 1.21. The Morgan fingerprint density at radius 2 is 2.00 bits per heavy atom. The molecule has 2 aromatic heterocycles. The molecule has 1 N–H and O–H groups in total. The molecule has 0 spiro atoms. The van der Waals surface area contributed by atoms with Crippen LogP contribution in [0.15, 0.2) is 47.4 Å². The lowest BCUT2D eigenvalue weighted by Gasteiger charge is -2.12. The van der Waals surface area contributed by atoms with Crippen molar-refractivity contribution < 1.29 is 4.79 Å². The lowest BCUT2D eigenvalue weighted by molar-refractivity contribution is 0.0987. The number of aromatic nitrogens is 3. The molecular weight excluding hydrogens is 268 g/mol. The monoisotopic (exact) mass is 280 g/mol. The molecule has 1 aliphatic heterocycles. The quantitative estimate of drug-likeness (QED) is 0.732. The van der Waals surface area contributed by atoms with Crippen molar-refractivity contribution in [2.75, 3.05) is 11.4 Å². The van der Waals surface area contributed by atoms with E-state index >= 15 is 0 Å². The minimum atomic E-state index is -0.378. The zero-order valence-corrected chi connectivity index (χ0v) is 11.1. The number of para-hydroxylation sites is 2. The Kier molecular flexibility index (Phi) is 2.44. The van der Waals surface area contributed by atoms with Crippen LogP contribution in [0.2, 0.25) is 0 Å². The van der Waals surface area contributed by atoms with Gasteiger partial charge in [-0.05, 0) is 24.3 Å². The summed E-state index contributed by atoms with van der Waals surface area (Å²) < 4.78 is 2.00. The number of fused-ring (bicyclic) bond motifs is 3. The number of rotatable bonds is 1. The third-order valence-electron chi connectivity index (χ3n) is 3.72. The number of hydrogen-bond donors (Lipinski definition) is 1. The van der Waals surface area contributed by atoms with Crippen LogP contribution < -0.4 is 10.5 Å². The van der Waals surface area contributed by atoms with Crippen LogP contribution in [0.4, 0.5) is 5.95 Å². The van der Waals surface area contributed by atoms with E-state index in [9.17, 15) is 9.59 Å². The van der Waals surface area contributed by atoms with E-state index in [-0.39, 0.29) is 17.0 Å². The first-order valence-corrected chi connectivity index (χ1v) is 6.70. The summed E-state index contributed by atoms with van der Waals surface area (Å²) in [7, 11) is 0. The van der Waals surface area contributed by atoms with E-state index in [0.717, 1.165) is 11.0 Å². The van der Waals surface area contributed by atoms with Gasteiger partial charge in [-0.1, -0.05) is 12.1 Å². The van der Waals surface area contributed by atoms with Crippen molar-refractivity contribution in [1.29, 1.82) is 0 Å². The third kappa shape index (κ3) is 1.69. The van der Waals surface area contributed by atoms with Gasteiger partial charge < -0.3 is 9.55 Å². The number of anilines is 1. The van der Waals surface area contributed by atoms with Crippen LogP contribution in [-0.2, 0) is 6.54 Å². The molecule has 0 atom stereocenters. The summed E-state index contributed by atoms with van der Waals surface area (Å²) >= 11 is 0. The van der Waals surface area contributed by atoms with Gasteiger partial charge in [-0.3, -0.25) is 14.5 Å². The first-order chi connectivity index (χ1) is 10.3. The van der Waals surface area contributed by atoms with Crippen LogP contribution in [0.5, 0.6) is 0 Å². The second-order valence-electron chi connectivity index (χ2n) is 4.92. The van der Waals surface area contributed by atoms with Crippen molar-refractivity contribution in [2.45, 2.75) is 6.54 Å². The maximum absolute atomic E-state index is 12.6. The highest BCUT2D eigenvalue weighted by Crippen LogP contribution is 2.27. The standard InChI is InChI=1S/C15H12N4O2/c20-13-10(4-3-7-16-13)14(21)19-9-8-18-12-6-2-1-5-11(12)17-15(18)19/h1-7H,8-9H2,(H,16,20). The molecule has 6 nitrogen and oxygen atoms in total. The SMILES string of the molecule is O=C(c1ccc[nH]c1=O)N1CCn2c1nc1ccccc12. The van der Waals surface area contributed by atoms with Crippen molar-refractivity contribution in [2.24, 2.45) is 0 Å². The molecular formula is C15H12N4O2. The van der Waals surface area contributed by atoms with Crippen LogP contribution in [0, 0.1) is 0 Å². The zero-order chi connectivity index (χ0) is 14.4. The zero-order valence-electron chi connectivity index (χ0n) is 11.1. The van der Waals surface area contributed by atoms with E-state index in [1.165, 1.54) is 12.3 Å². The minimum Gasteiger partial charge on any atom is -0.328 e. The van der Waals surface area contributed by atoms with Gasteiger partial charge in [0.2, 0.25) is 5.95 Å². The van der Waals surface area contributed by atoms with Gasteiger partial charge in [0.25, 0.3) is 11.5 Å². The molecule has 104 valence electrons. The first kappa shape index (κ1) is 11.9. The summed E-state index contributed by atoms with van der Waals surface area (Å²) in [5, 5.41) is 0. The fourth-order valence-corrected chi connectivity index (χ4v) is 2.72. The highest BCUT2D eigenvalue weighted by atomic mass is 16.2. The Morgan fingerprint density at radius 1 is 1.14 bits per heavy atom. The van der Waals surface area contributed by atoms with Gasteiger partial charge in [0, 0.05) is 19.3 Å². The number of nitrogens with one attached hydrogen (secondary N) is 1. The molecule has 0 saturated heterocycles. The van der Waals surface area contributed by atoms with Crippen LogP contribution in [0.3, 0.4) is 0 Å². The normalized spacial score (nSPS) is 13.6. The Bertz CT molecular complexity index is 909. The number of carbonyl (C=O) groups excluding carboxylic acids is 1. The fourth-order valence-electron chi connectivity index (χ4n) is 2.72. The highest BCUT2D eigenvalue weighted by Gasteiger charge is 2.29. The molecule has 3 aromatic rings. The lowest BCUT2D eigenvalue weighted by atomic mass is 10.2. The van der Waals surface area contributed by atoms with Gasteiger partial charge in [-0.2, -0.15) is 0 Å². The molecule has 21 heavy (non-hydrogen) atoms. The molecule has 3 heterocycles. The molecule has 0 aliphatic carbocycles. The molecule has 0 saturated carbocycles. The number of carbonyl (C=O) groups is 1. The van der Waals surface area contributed by atoms with E-state index < -0.39 is 0 Å². The second kappa shape index (κ2) is 4.31. The van der Waals surface area contributed by atoms with Gasteiger partial charge in [0.05, 0.1) is 11.0 Å². The number of benzene rings is 1. The lowest BCUT2D eigenvalue weighted by Crippen LogP contribution is -2.33. The average molecular weight is 280 g/mol. The van der Waals surface area contributed by atoms with E-state index in [2.05, 4.69) is 9.97 Å². The number of nitrogens with zero attached hydrogens (tertiary/aromatic N) is 3.